The van der Waals surface area contributed by atoms with E-state index in [0.717, 1.165) is 6.54 Å². The third-order valence-corrected chi connectivity index (χ3v) is 2.67. The number of hydrogen-bond donors (Lipinski definition) is 1. The van der Waals surface area contributed by atoms with Crippen LogP contribution in [-0.2, 0) is 0 Å². The molecule has 0 bridgehead atoms. The average Bonchev–Trinajstić information content (AvgIpc) is 2.39. The van der Waals surface area contributed by atoms with Crippen LogP contribution in [0, 0.1) is 0 Å². The molecule has 0 aliphatic carbocycles. The summed E-state index contributed by atoms with van der Waals surface area (Å²) < 4.78 is 0. The highest BCUT2D eigenvalue weighted by Crippen LogP contribution is 2.25. The van der Waals surface area contributed by atoms with Gasteiger partial charge in [-0.05, 0) is 19.9 Å². The highest BCUT2D eigenvalue weighted by atomic mass is 15.5. The van der Waals surface area contributed by atoms with Crippen molar-refractivity contribution in [2.24, 2.45) is 5.73 Å². The van der Waals surface area contributed by atoms with Gasteiger partial charge >= 0.3 is 0 Å². The summed E-state index contributed by atoms with van der Waals surface area (Å²) in [7, 11) is 2.16. The molecule has 0 saturated carbocycles. The van der Waals surface area contributed by atoms with Gasteiger partial charge in [0, 0.05) is 13.1 Å². The lowest BCUT2D eigenvalue weighted by molar-refractivity contribution is 0.189. The summed E-state index contributed by atoms with van der Waals surface area (Å²) in [6.07, 6.45) is 3.60. The van der Waals surface area contributed by atoms with Gasteiger partial charge in [-0.3, -0.25) is 9.80 Å². The lowest BCUT2D eigenvalue weighted by atomic mass is 10.3. The van der Waals surface area contributed by atoms with Crippen molar-refractivity contribution >= 4 is 0 Å². The Bertz CT molecular complexity index is 123. The fourth-order valence-electron chi connectivity index (χ4n) is 2.15. The molecular formula is C7H15N3. The molecule has 0 aromatic heterocycles. The van der Waals surface area contributed by atoms with Crippen molar-refractivity contribution in [2.45, 2.75) is 25.2 Å². The van der Waals surface area contributed by atoms with Crippen molar-refractivity contribution in [3.8, 4) is 0 Å². The van der Waals surface area contributed by atoms with Crippen molar-refractivity contribution in [1.82, 2.24) is 9.80 Å². The second-order valence-electron chi connectivity index (χ2n) is 3.37. The summed E-state index contributed by atoms with van der Waals surface area (Å²) in [6.45, 7) is 2.25. The molecule has 2 saturated heterocycles. The average molecular weight is 141 g/mol. The summed E-state index contributed by atoms with van der Waals surface area (Å²) >= 11 is 0. The highest BCUT2D eigenvalue weighted by Gasteiger charge is 2.37. The van der Waals surface area contributed by atoms with Gasteiger partial charge in [0.25, 0.3) is 0 Å². The second kappa shape index (κ2) is 2.19. The van der Waals surface area contributed by atoms with Crippen LogP contribution in [0.3, 0.4) is 0 Å². The van der Waals surface area contributed by atoms with Gasteiger partial charge in [0.2, 0.25) is 0 Å². The maximum absolute atomic E-state index is 5.89. The van der Waals surface area contributed by atoms with E-state index in [1.807, 2.05) is 0 Å². The van der Waals surface area contributed by atoms with E-state index in [-0.39, 0.29) is 0 Å². The Hall–Kier alpha value is -0.120. The molecule has 0 aromatic carbocycles. The number of likely N-dealkylation sites (N-methyl/N-ethyl adjacent to an activating group) is 1. The van der Waals surface area contributed by atoms with E-state index in [1.165, 1.54) is 19.4 Å². The largest absolute Gasteiger partial charge is 0.315 e. The first-order valence-corrected chi connectivity index (χ1v) is 4.00. The molecule has 3 heteroatoms. The Morgan fingerprint density at radius 2 is 2.30 bits per heavy atom. The zero-order valence-corrected chi connectivity index (χ0v) is 6.45. The van der Waals surface area contributed by atoms with Crippen molar-refractivity contribution in [3.05, 3.63) is 0 Å². The molecule has 2 atom stereocenters. The van der Waals surface area contributed by atoms with Gasteiger partial charge in [0.1, 0.15) is 0 Å². The summed E-state index contributed by atoms with van der Waals surface area (Å²) in [5.74, 6) is 0. The molecular weight excluding hydrogens is 126 g/mol. The minimum atomic E-state index is 0.303. The molecule has 58 valence electrons. The first-order chi connectivity index (χ1) is 4.79. The Morgan fingerprint density at radius 1 is 1.50 bits per heavy atom. The van der Waals surface area contributed by atoms with Gasteiger partial charge in [-0.15, -0.1) is 0 Å². The number of nitrogens with zero attached hydrogens (tertiary/aromatic N) is 2. The van der Waals surface area contributed by atoms with E-state index in [0.29, 0.717) is 12.3 Å². The lowest BCUT2D eigenvalue weighted by Gasteiger charge is -2.20. The van der Waals surface area contributed by atoms with Crippen LogP contribution in [0.5, 0.6) is 0 Å². The van der Waals surface area contributed by atoms with E-state index < -0.39 is 0 Å². The summed E-state index contributed by atoms with van der Waals surface area (Å²) in [5, 5.41) is 0. The molecule has 2 fully saturated rings. The second-order valence-corrected chi connectivity index (χ2v) is 3.37. The van der Waals surface area contributed by atoms with E-state index in [2.05, 4.69) is 16.8 Å². The Morgan fingerprint density at radius 3 is 3.00 bits per heavy atom. The quantitative estimate of drug-likeness (QED) is 0.500. The molecule has 0 amide bonds. The summed E-state index contributed by atoms with van der Waals surface area (Å²) in [6, 6.07) is 0. The standard InChI is InChI=1S/C7H15N3/c1-9-5-6(8)10-4-2-3-7(9)10/h6-7H,2-5,8H2,1H3. The van der Waals surface area contributed by atoms with E-state index >= 15 is 0 Å². The number of fused-ring (bicyclic) bond motifs is 1. The Labute approximate surface area is 61.8 Å². The van der Waals surface area contributed by atoms with Gasteiger partial charge in [-0.25, -0.2) is 0 Å². The van der Waals surface area contributed by atoms with Crippen LogP contribution in [0.4, 0.5) is 0 Å². The topological polar surface area (TPSA) is 32.5 Å². The molecule has 3 nitrogen and oxygen atoms in total. The molecule has 2 unspecified atom stereocenters. The predicted molar refractivity (Wildman–Crippen MR) is 40.3 cm³/mol. The van der Waals surface area contributed by atoms with Crippen LogP contribution in [-0.4, -0.2) is 42.3 Å². The zero-order chi connectivity index (χ0) is 7.14. The minimum absolute atomic E-state index is 0.303. The van der Waals surface area contributed by atoms with Crippen LogP contribution in [0.1, 0.15) is 12.8 Å². The monoisotopic (exact) mass is 141 g/mol. The molecule has 2 N–H and O–H groups in total. The van der Waals surface area contributed by atoms with Crippen LogP contribution < -0.4 is 5.73 Å². The van der Waals surface area contributed by atoms with Gasteiger partial charge < -0.3 is 5.73 Å². The minimum Gasteiger partial charge on any atom is -0.315 e. The molecule has 2 aliphatic heterocycles. The van der Waals surface area contributed by atoms with Gasteiger partial charge in [-0.1, -0.05) is 0 Å². The van der Waals surface area contributed by atoms with Crippen LogP contribution >= 0.6 is 0 Å². The molecule has 0 radical (unpaired) electrons. The molecule has 0 aromatic rings. The Balaban J connectivity index is 2.11. The van der Waals surface area contributed by atoms with E-state index in [4.69, 9.17) is 5.73 Å². The molecule has 2 rings (SSSR count). The van der Waals surface area contributed by atoms with Crippen molar-refractivity contribution < 1.29 is 0 Å². The molecule has 2 heterocycles. The van der Waals surface area contributed by atoms with Gasteiger partial charge in [0.15, 0.2) is 0 Å². The normalized spacial score (nSPS) is 42.6. The predicted octanol–water partition coefficient (Wildman–Crippen LogP) is -0.361. The van der Waals surface area contributed by atoms with Crippen molar-refractivity contribution in [1.29, 1.82) is 0 Å². The fraction of sp³-hybridized carbons (Fsp3) is 1.00. The van der Waals surface area contributed by atoms with Gasteiger partial charge in [-0.2, -0.15) is 0 Å². The highest BCUT2D eigenvalue weighted by molar-refractivity contribution is 4.89. The summed E-state index contributed by atoms with van der Waals surface area (Å²) in [4.78, 5) is 4.76. The maximum Gasteiger partial charge on any atom is 0.0716 e. The van der Waals surface area contributed by atoms with E-state index in [9.17, 15) is 0 Å². The smallest absolute Gasteiger partial charge is 0.0716 e. The van der Waals surface area contributed by atoms with Crippen molar-refractivity contribution in [3.63, 3.8) is 0 Å². The third kappa shape index (κ3) is 0.779. The van der Waals surface area contributed by atoms with Crippen LogP contribution in [0.2, 0.25) is 0 Å². The van der Waals surface area contributed by atoms with Crippen molar-refractivity contribution in [2.75, 3.05) is 20.1 Å². The molecule has 10 heavy (non-hydrogen) atoms. The number of hydrogen-bond acceptors (Lipinski definition) is 3. The lowest BCUT2D eigenvalue weighted by Crippen LogP contribution is -2.39. The van der Waals surface area contributed by atoms with Crippen LogP contribution in [0.25, 0.3) is 0 Å². The van der Waals surface area contributed by atoms with E-state index in [1.54, 1.807) is 0 Å². The molecule has 0 spiro atoms. The SMILES string of the molecule is CN1CC(N)N2CCCC12. The first kappa shape index (κ1) is 6.58. The number of nitrogens with two attached hydrogens (primary N) is 1. The molecule has 2 aliphatic rings. The Kier molecular flexibility index (Phi) is 1.44. The van der Waals surface area contributed by atoms with Crippen LogP contribution in [0.15, 0.2) is 0 Å². The maximum atomic E-state index is 5.89. The van der Waals surface area contributed by atoms with Gasteiger partial charge in [0.05, 0.1) is 12.3 Å². The fourth-order valence-corrected chi connectivity index (χ4v) is 2.15. The number of rotatable bonds is 0. The zero-order valence-electron chi connectivity index (χ0n) is 6.45. The first-order valence-electron chi connectivity index (χ1n) is 4.00. The third-order valence-electron chi connectivity index (χ3n) is 2.67. The summed E-state index contributed by atoms with van der Waals surface area (Å²) in [5.41, 5.74) is 5.89.